The summed E-state index contributed by atoms with van der Waals surface area (Å²) in [4.78, 5) is 19.6. The summed E-state index contributed by atoms with van der Waals surface area (Å²) < 4.78 is 11.8. The molecule has 2 amide bonds. The number of carbonyl (C=O) groups is 1. The van der Waals surface area contributed by atoms with E-state index in [1.165, 1.54) is 19.3 Å². The van der Waals surface area contributed by atoms with Crippen LogP contribution in [0.1, 0.15) is 56.4 Å². The molecule has 2 N–H and O–H groups in total. The SMILES string of the molecule is O=C1Nc2c(Cl)cc3nc(CN4CCC5(CC4)COC5)oc3c2C2(CCCCC2)N1. The fraction of sp³-hybridized carbons (Fsp3) is 0.636. The number of hydrogen-bond acceptors (Lipinski definition) is 5. The Morgan fingerprint density at radius 3 is 2.60 bits per heavy atom. The van der Waals surface area contributed by atoms with Crippen molar-refractivity contribution in [2.45, 2.75) is 57.0 Å². The fourth-order valence-electron chi connectivity index (χ4n) is 5.74. The molecular formula is C22H27ClN4O3. The normalized spacial score (nSPS) is 25.0. The number of anilines is 1. The highest BCUT2D eigenvalue weighted by Gasteiger charge is 2.44. The number of halogens is 1. The Balaban J connectivity index is 1.34. The van der Waals surface area contributed by atoms with E-state index in [2.05, 4.69) is 15.5 Å². The Kier molecular flexibility index (Phi) is 4.31. The van der Waals surface area contributed by atoms with Gasteiger partial charge in [-0.3, -0.25) is 4.90 Å². The van der Waals surface area contributed by atoms with Crippen LogP contribution in [-0.4, -0.2) is 42.2 Å². The number of amides is 2. The van der Waals surface area contributed by atoms with E-state index in [1.54, 1.807) is 0 Å². The zero-order valence-corrected chi connectivity index (χ0v) is 17.8. The standard InChI is InChI=1S/C22H27ClN4O3/c23-14-10-15-19(17-18(14)25-20(28)26-22(17)4-2-1-3-5-22)30-16(24-15)11-27-8-6-21(7-9-27)12-29-13-21/h10H,1-9,11-13H2,(H2,25,26,28). The third-order valence-corrected chi connectivity index (χ3v) is 7.84. The van der Waals surface area contributed by atoms with Crippen LogP contribution in [-0.2, 0) is 16.8 Å². The van der Waals surface area contributed by atoms with Crippen molar-refractivity contribution in [2.24, 2.45) is 5.41 Å². The molecule has 2 saturated heterocycles. The van der Waals surface area contributed by atoms with Crippen molar-refractivity contribution in [3.8, 4) is 0 Å². The van der Waals surface area contributed by atoms with Crippen molar-refractivity contribution in [3.63, 3.8) is 0 Å². The molecule has 3 aliphatic heterocycles. The molecule has 1 saturated carbocycles. The van der Waals surface area contributed by atoms with Crippen LogP contribution in [0.25, 0.3) is 11.1 Å². The molecular weight excluding hydrogens is 404 g/mol. The summed E-state index contributed by atoms with van der Waals surface area (Å²) in [5.74, 6) is 0.720. The third-order valence-electron chi connectivity index (χ3n) is 7.55. The van der Waals surface area contributed by atoms with E-state index in [0.717, 1.165) is 74.5 Å². The van der Waals surface area contributed by atoms with Gasteiger partial charge in [-0.1, -0.05) is 30.9 Å². The van der Waals surface area contributed by atoms with Crippen molar-refractivity contribution in [1.29, 1.82) is 0 Å². The van der Waals surface area contributed by atoms with E-state index in [1.807, 2.05) is 6.07 Å². The van der Waals surface area contributed by atoms with Gasteiger partial charge in [-0.15, -0.1) is 0 Å². The minimum absolute atomic E-state index is 0.187. The summed E-state index contributed by atoms with van der Waals surface area (Å²) >= 11 is 6.60. The molecule has 30 heavy (non-hydrogen) atoms. The number of carbonyl (C=O) groups excluding carboxylic acids is 1. The van der Waals surface area contributed by atoms with E-state index < -0.39 is 5.54 Å². The second-order valence-electron chi connectivity index (χ2n) is 9.56. The lowest BCUT2D eigenvalue weighted by Gasteiger charge is -2.47. The number of oxazole rings is 1. The minimum Gasteiger partial charge on any atom is -0.439 e. The van der Waals surface area contributed by atoms with Gasteiger partial charge in [0, 0.05) is 11.0 Å². The van der Waals surface area contributed by atoms with Crippen molar-refractivity contribution < 1.29 is 13.9 Å². The minimum atomic E-state index is -0.419. The molecule has 4 aliphatic rings. The number of nitrogens with zero attached hydrogens (tertiary/aromatic N) is 2. The van der Waals surface area contributed by atoms with Crippen LogP contribution in [0.3, 0.4) is 0 Å². The molecule has 2 spiro atoms. The van der Waals surface area contributed by atoms with E-state index in [-0.39, 0.29) is 6.03 Å². The first-order valence-corrected chi connectivity index (χ1v) is 11.5. The Bertz CT molecular complexity index is 999. The van der Waals surface area contributed by atoms with Crippen LogP contribution in [0.4, 0.5) is 10.5 Å². The monoisotopic (exact) mass is 430 g/mol. The maximum Gasteiger partial charge on any atom is 0.319 e. The van der Waals surface area contributed by atoms with Gasteiger partial charge < -0.3 is 19.8 Å². The van der Waals surface area contributed by atoms with E-state index in [4.69, 9.17) is 25.7 Å². The number of piperidine rings is 1. The van der Waals surface area contributed by atoms with Crippen molar-refractivity contribution >= 4 is 34.4 Å². The first-order chi connectivity index (χ1) is 14.6. The lowest BCUT2D eigenvalue weighted by molar-refractivity contribution is -0.140. The maximum absolute atomic E-state index is 12.4. The van der Waals surface area contributed by atoms with Crippen molar-refractivity contribution in [1.82, 2.24) is 15.2 Å². The Morgan fingerprint density at radius 1 is 1.13 bits per heavy atom. The van der Waals surface area contributed by atoms with Crippen LogP contribution < -0.4 is 10.6 Å². The van der Waals surface area contributed by atoms with Gasteiger partial charge in [-0.2, -0.15) is 0 Å². The zero-order valence-electron chi connectivity index (χ0n) is 17.1. The summed E-state index contributed by atoms with van der Waals surface area (Å²) in [6.45, 7) is 4.61. The molecule has 0 radical (unpaired) electrons. The van der Waals surface area contributed by atoms with E-state index >= 15 is 0 Å². The number of ether oxygens (including phenoxy) is 1. The highest BCUT2D eigenvalue weighted by Crippen LogP contribution is 2.48. The highest BCUT2D eigenvalue weighted by atomic mass is 35.5. The average molecular weight is 431 g/mol. The summed E-state index contributed by atoms with van der Waals surface area (Å²) in [6.07, 6.45) is 7.49. The van der Waals surface area contributed by atoms with Gasteiger partial charge in [0.1, 0.15) is 5.52 Å². The first kappa shape index (κ1) is 18.9. The molecule has 3 fully saturated rings. The number of aromatic nitrogens is 1. The summed E-state index contributed by atoms with van der Waals surface area (Å²) in [5.41, 5.74) is 3.20. The zero-order chi connectivity index (χ0) is 20.3. The number of hydrogen-bond donors (Lipinski definition) is 2. The first-order valence-electron chi connectivity index (χ1n) is 11.1. The summed E-state index contributed by atoms with van der Waals surface area (Å²) in [5, 5.41) is 6.64. The van der Waals surface area contributed by atoms with Crippen LogP contribution in [0.15, 0.2) is 10.5 Å². The van der Waals surface area contributed by atoms with Gasteiger partial charge in [0.05, 0.1) is 36.0 Å². The molecule has 0 unspecified atom stereocenters. The van der Waals surface area contributed by atoms with Gasteiger partial charge in [0.2, 0.25) is 5.89 Å². The molecule has 0 bridgehead atoms. The number of urea groups is 1. The van der Waals surface area contributed by atoms with Crippen molar-refractivity contribution in [2.75, 3.05) is 31.6 Å². The third kappa shape index (κ3) is 2.93. The lowest BCUT2D eigenvalue weighted by atomic mass is 9.74. The Hall–Kier alpha value is -1.83. The molecule has 6 rings (SSSR count). The molecule has 0 atom stereocenters. The molecule has 160 valence electrons. The smallest absolute Gasteiger partial charge is 0.319 e. The molecule has 4 heterocycles. The van der Waals surface area contributed by atoms with Gasteiger partial charge in [0.25, 0.3) is 0 Å². The maximum atomic E-state index is 12.4. The van der Waals surface area contributed by atoms with Gasteiger partial charge in [-0.05, 0) is 44.8 Å². The highest BCUT2D eigenvalue weighted by molar-refractivity contribution is 6.35. The number of fused-ring (bicyclic) bond motifs is 4. The van der Waals surface area contributed by atoms with Crippen LogP contribution >= 0.6 is 11.6 Å². The van der Waals surface area contributed by atoms with Crippen LogP contribution in [0.2, 0.25) is 5.02 Å². The number of likely N-dealkylation sites (tertiary alicyclic amines) is 1. The predicted molar refractivity (Wildman–Crippen MR) is 114 cm³/mol. The topological polar surface area (TPSA) is 79.6 Å². The largest absolute Gasteiger partial charge is 0.439 e. The van der Waals surface area contributed by atoms with Crippen LogP contribution in [0.5, 0.6) is 0 Å². The van der Waals surface area contributed by atoms with E-state index in [0.29, 0.717) is 22.7 Å². The Labute approximate surface area is 180 Å². The molecule has 7 nitrogen and oxygen atoms in total. The molecule has 1 aliphatic carbocycles. The van der Waals surface area contributed by atoms with E-state index in [9.17, 15) is 4.79 Å². The molecule has 1 aromatic heterocycles. The number of nitrogens with one attached hydrogen (secondary N) is 2. The lowest BCUT2D eigenvalue weighted by Crippen LogP contribution is -2.52. The number of benzene rings is 1. The van der Waals surface area contributed by atoms with Gasteiger partial charge in [-0.25, -0.2) is 9.78 Å². The molecule has 8 heteroatoms. The van der Waals surface area contributed by atoms with Gasteiger partial charge in [0.15, 0.2) is 5.58 Å². The fourth-order valence-corrected chi connectivity index (χ4v) is 5.98. The molecule has 1 aromatic carbocycles. The average Bonchev–Trinajstić information content (AvgIpc) is 3.09. The van der Waals surface area contributed by atoms with Crippen LogP contribution in [0, 0.1) is 5.41 Å². The Morgan fingerprint density at radius 2 is 1.90 bits per heavy atom. The van der Waals surface area contributed by atoms with Crippen molar-refractivity contribution in [3.05, 3.63) is 22.5 Å². The second kappa shape index (κ2) is 6.84. The predicted octanol–water partition coefficient (Wildman–Crippen LogP) is 4.39. The summed E-state index contributed by atoms with van der Waals surface area (Å²) in [7, 11) is 0. The second-order valence-corrected chi connectivity index (χ2v) is 9.96. The quantitative estimate of drug-likeness (QED) is 0.738. The summed E-state index contributed by atoms with van der Waals surface area (Å²) in [6, 6.07) is 1.63. The number of rotatable bonds is 2. The molecule has 2 aromatic rings. The van der Waals surface area contributed by atoms with Gasteiger partial charge >= 0.3 is 6.03 Å².